The number of rotatable bonds is 5. The van der Waals surface area contributed by atoms with Gasteiger partial charge < -0.3 is 4.90 Å². The molecule has 0 N–H and O–H groups in total. The van der Waals surface area contributed by atoms with Crippen LogP contribution in [0, 0.1) is 17.0 Å². The van der Waals surface area contributed by atoms with Crippen molar-refractivity contribution < 1.29 is 4.92 Å². The molecule has 2 rings (SSSR count). The molecule has 0 aliphatic heterocycles. The molecule has 5 nitrogen and oxygen atoms in total. The van der Waals surface area contributed by atoms with E-state index in [2.05, 4.69) is 4.98 Å². The van der Waals surface area contributed by atoms with Crippen LogP contribution >= 0.6 is 11.6 Å². The van der Waals surface area contributed by atoms with E-state index in [-0.39, 0.29) is 11.6 Å². The number of nitro groups is 1. The zero-order valence-corrected chi connectivity index (χ0v) is 12.7. The fourth-order valence-corrected chi connectivity index (χ4v) is 2.39. The molecule has 6 heteroatoms. The molecule has 1 aromatic carbocycles. The Morgan fingerprint density at radius 2 is 2.10 bits per heavy atom. The summed E-state index contributed by atoms with van der Waals surface area (Å²) in [6.07, 6.45) is 0. The third kappa shape index (κ3) is 3.70. The Bertz CT molecular complexity index is 661. The predicted octanol–water partition coefficient (Wildman–Crippen LogP) is 3.67. The van der Waals surface area contributed by atoms with E-state index in [1.54, 1.807) is 6.07 Å². The molecule has 0 bridgehead atoms. The van der Waals surface area contributed by atoms with E-state index in [4.69, 9.17) is 11.6 Å². The van der Waals surface area contributed by atoms with Crippen LogP contribution in [0.5, 0.6) is 0 Å². The molecule has 0 aliphatic carbocycles. The van der Waals surface area contributed by atoms with Crippen LogP contribution in [0.15, 0.2) is 36.4 Å². The van der Waals surface area contributed by atoms with Crippen molar-refractivity contribution in [3.8, 4) is 0 Å². The van der Waals surface area contributed by atoms with E-state index in [0.717, 1.165) is 22.6 Å². The van der Waals surface area contributed by atoms with Crippen molar-refractivity contribution in [2.24, 2.45) is 0 Å². The van der Waals surface area contributed by atoms with Gasteiger partial charge in [-0.05, 0) is 30.7 Å². The summed E-state index contributed by atoms with van der Waals surface area (Å²) in [7, 11) is 1.92. The van der Waals surface area contributed by atoms with Crippen LogP contribution in [0.25, 0.3) is 0 Å². The largest absolute Gasteiger partial charge is 0.368 e. The number of hydrogen-bond acceptors (Lipinski definition) is 4. The van der Waals surface area contributed by atoms with Gasteiger partial charge in [0.05, 0.1) is 17.2 Å². The monoisotopic (exact) mass is 305 g/mol. The standard InChI is InChI=1S/C15H16ClN3O2/c1-11-4-3-5-13(17-11)10-18(2)15-7-6-14(19(20)21)8-12(15)9-16/h3-8H,9-10H2,1-2H3. The average Bonchev–Trinajstić information content (AvgIpc) is 2.46. The minimum atomic E-state index is -0.415. The molecule has 0 radical (unpaired) electrons. The Labute approximate surface area is 128 Å². The van der Waals surface area contributed by atoms with Crippen molar-refractivity contribution in [1.29, 1.82) is 0 Å². The summed E-state index contributed by atoms with van der Waals surface area (Å²) in [5, 5.41) is 10.8. The van der Waals surface area contributed by atoms with Gasteiger partial charge in [0, 0.05) is 36.4 Å². The van der Waals surface area contributed by atoms with Crippen molar-refractivity contribution >= 4 is 23.0 Å². The molecule has 2 aromatic rings. The van der Waals surface area contributed by atoms with E-state index in [1.807, 2.05) is 37.1 Å². The molecular weight excluding hydrogens is 290 g/mol. The van der Waals surface area contributed by atoms with Crippen molar-refractivity contribution in [3.63, 3.8) is 0 Å². The molecule has 0 atom stereocenters. The molecular formula is C15H16ClN3O2. The first kappa shape index (κ1) is 15.3. The molecule has 21 heavy (non-hydrogen) atoms. The van der Waals surface area contributed by atoms with E-state index < -0.39 is 4.92 Å². The fraction of sp³-hybridized carbons (Fsp3) is 0.267. The second kappa shape index (κ2) is 6.54. The third-order valence-electron chi connectivity index (χ3n) is 3.17. The number of hydrogen-bond donors (Lipinski definition) is 0. The van der Waals surface area contributed by atoms with Crippen LogP contribution in [0.4, 0.5) is 11.4 Å². The van der Waals surface area contributed by atoms with Gasteiger partial charge in [-0.1, -0.05) is 6.07 Å². The molecule has 0 fully saturated rings. The minimum Gasteiger partial charge on any atom is -0.368 e. The van der Waals surface area contributed by atoms with Gasteiger partial charge in [0.25, 0.3) is 5.69 Å². The second-order valence-electron chi connectivity index (χ2n) is 4.83. The van der Waals surface area contributed by atoms with Crippen LogP contribution in [0.1, 0.15) is 17.0 Å². The maximum absolute atomic E-state index is 10.8. The van der Waals surface area contributed by atoms with Gasteiger partial charge in [-0.3, -0.25) is 15.1 Å². The number of benzene rings is 1. The molecule has 0 saturated carbocycles. The highest BCUT2D eigenvalue weighted by atomic mass is 35.5. The van der Waals surface area contributed by atoms with Crippen molar-refractivity contribution in [3.05, 3.63) is 63.5 Å². The predicted molar refractivity (Wildman–Crippen MR) is 83.7 cm³/mol. The lowest BCUT2D eigenvalue weighted by Crippen LogP contribution is -2.18. The lowest BCUT2D eigenvalue weighted by Gasteiger charge is -2.21. The molecule has 0 amide bonds. The first-order valence-corrected chi connectivity index (χ1v) is 7.01. The van der Waals surface area contributed by atoms with E-state index >= 15 is 0 Å². The summed E-state index contributed by atoms with van der Waals surface area (Å²) in [6.45, 7) is 2.56. The number of aromatic nitrogens is 1. The van der Waals surface area contributed by atoms with Crippen molar-refractivity contribution in [2.45, 2.75) is 19.3 Å². The number of aryl methyl sites for hydroxylation is 1. The summed E-state index contributed by atoms with van der Waals surface area (Å²) >= 11 is 5.92. The summed E-state index contributed by atoms with van der Waals surface area (Å²) in [6, 6.07) is 10.6. The quantitative estimate of drug-likeness (QED) is 0.480. The zero-order chi connectivity index (χ0) is 15.4. The number of anilines is 1. The lowest BCUT2D eigenvalue weighted by atomic mass is 10.1. The van der Waals surface area contributed by atoms with Crippen LogP contribution in [0.3, 0.4) is 0 Å². The smallest absolute Gasteiger partial charge is 0.269 e. The number of halogens is 1. The molecule has 0 aliphatic rings. The first-order valence-electron chi connectivity index (χ1n) is 6.48. The van der Waals surface area contributed by atoms with Gasteiger partial charge >= 0.3 is 0 Å². The number of pyridine rings is 1. The van der Waals surface area contributed by atoms with Crippen LogP contribution < -0.4 is 4.90 Å². The van der Waals surface area contributed by atoms with E-state index in [0.29, 0.717) is 6.54 Å². The summed E-state index contributed by atoms with van der Waals surface area (Å²) in [5.41, 5.74) is 3.56. The normalized spacial score (nSPS) is 10.4. The first-order chi connectivity index (χ1) is 10.0. The number of nitrogens with zero attached hydrogens (tertiary/aromatic N) is 3. The Morgan fingerprint density at radius 1 is 1.33 bits per heavy atom. The molecule has 1 heterocycles. The maximum Gasteiger partial charge on any atom is 0.269 e. The number of non-ortho nitro benzene ring substituents is 1. The zero-order valence-electron chi connectivity index (χ0n) is 11.9. The summed E-state index contributed by atoms with van der Waals surface area (Å²) in [4.78, 5) is 16.8. The van der Waals surface area contributed by atoms with E-state index in [1.165, 1.54) is 12.1 Å². The van der Waals surface area contributed by atoms with E-state index in [9.17, 15) is 10.1 Å². The Balaban J connectivity index is 2.26. The van der Waals surface area contributed by atoms with Gasteiger partial charge in [-0.15, -0.1) is 11.6 Å². The highest BCUT2D eigenvalue weighted by Gasteiger charge is 2.13. The van der Waals surface area contributed by atoms with Crippen LogP contribution in [-0.4, -0.2) is 17.0 Å². The molecule has 0 saturated heterocycles. The van der Waals surface area contributed by atoms with Gasteiger partial charge in [0.15, 0.2) is 0 Å². The fourth-order valence-electron chi connectivity index (χ4n) is 2.18. The molecule has 110 valence electrons. The van der Waals surface area contributed by atoms with Gasteiger partial charge in [-0.2, -0.15) is 0 Å². The lowest BCUT2D eigenvalue weighted by molar-refractivity contribution is -0.384. The topological polar surface area (TPSA) is 59.3 Å². The minimum absolute atomic E-state index is 0.0523. The molecule has 0 unspecified atom stereocenters. The van der Waals surface area contributed by atoms with Crippen LogP contribution in [0.2, 0.25) is 0 Å². The Kier molecular flexibility index (Phi) is 4.75. The average molecular weight is 306 g/mol. The van der Waals surface area contributed by atoms with Crippen LogP contribution in [-0.2, 0) is 12.4 Å². The highest BCUT2D eigenvalue weighted by Crippen LogP contribution is 2.27. The van der Waals surface area contributed by atoms with Gasteiger partial charge in [-0.25, -0.2) is 0 Å². The summed E-state index contributed by atoms with van der Waals surface area (Å²) < 4.78 is 0. The highest BCUT2D eigenvalue weighted by molar-refractivity contribution is 6.17. The number of alkyl halides is 1. The van der Waals surface area contributed by atoms with Gasteiger partial charge in [0.1, 0.15) is 0 Å². The van der Waals surface area contributed by atoms with Crippen molar-refractivity contribution in [2.75, 3.05) is 11.9 Å². The third-order valence-corrected chi connectivity index (χ3v) is 3.46. The maximum atomic E-state index is 10.8. The molecule has 1 aromatic heterocycles. The molecule has 0 spiro atoms. The van der Waals surface area contributed by atoms with Gasteiger partial charge in [0.2, 0.25) is 0 Å². The number of nitro benzene ring substituents is 1. The summed E-state index contributed by atoms with van der Waals surface area (Å²) in [5.74, 6) is 0.225. The Morgan fingerprint density at radius 3 is 2.71 bits per heavy atom. The SMILES string of the molecule is Cc1cccc(CN(C)c2ccc([N+](=O)[O-])cc2CCl)n1. The Hall–Kier alpha value is -2.14. The second-order valence-corrected chi connectivity index (χ2v) is 5.10. The van der Waals surface area contributed by atoms with Crippen molar-refractivity contribution in [1.82, 2.24) is 4.98 Å².